The van der Waals surface area contributed by atoms with Crippen LogP contribution in [0.25, 0.3) is 16.5 Å². The van der Waals surface area contributed by atoms with Crippen LogP contribution in [0.2, 0.25) is 0 Å². The first-order valence-corrected chi connectivity index (χ1v) is 6.60. The molecule has 5 heteroatoms. The van der Waals surface area contributed by atoms with E-state index in [1.54, 1.807) is 20.5 Å². The average molecular weight is 271 g/mol. The van der Waals surface area contributed by atoms with E-state index in [1.807, 2.05) is 12.1 Å². The van der Waals surface area contributed by atoms with Crippen molar-refractivity contribution in [3.8, 4) is 11.5 Å². The quantitative estimate of drug-likeness (QED) is 0.925. The van der Waals surface area contributed by atoms with E-state index in [9.17, 15) is 0 Å². The Bertz CT molecular complexity index is 667. The number of benzene rings is 1. The lowest BCUT2D eigenvalue weighted by Gasteiger charge is -2.16. The van der Waals surface area contributed by atoms with E-state index >= 15 is 0 Å². The molecule has 0 amide bonds. The molecule has 1 aliphatic rings. The van der Waals surface area contributed by atoms with E-state index in [4.69, 9.17) is 9.47 Å². The monoisotopic (exact) mass is 271 g/mol. The average Bonchev–Trinajstić information content (AvgIpc) is 2.53. The van der Waals surface area contributed by atoms with E-state index in [-0.39, 0.29) is 0 Å². The second-order valence-corrected chi connectivity index (χ2v) is 4.63. The molecule has 20 heavy (non-hydrogen) atoms. The van der Waals surface area contributed by atoms with Gasteiger partial charge in [-0.1, -0.05) is 6.08 Å². The normalized spacial score (nSPS) is 15.0. The lowest BCUT2D eigenvalue weighted by Crippen LogP contribution is -2.20. The largest absolute Gasteiger partial charge is 0.493 e. The maximum atomic E-state index is 5.37. The lowest BCUT2D eigenvalue weighted by molar-refractivity contribution is 0.355. The van der Waals surface area contributed by atoms with Crippen LogP contribution in [-0.4, -0.2) is 37.3 Å². The molecule has 0 saturated carbocycles. The summed E-state index contributed by atoms with van der Waals surface area (Å²) in [4.78, 5) is 8.79. The molecule has 5 nitrogen and oxygen atoms in total. The van der Waals surface area contributed by atoms with Crippen LogP contribution in [0, 0.1) is 0 Å². The van der Waals surface area contributed by atoms with Crippen LogP contribution in [0.4, 0.5) is 0 Å². The Balaban J connectivity index is 2.20. The van der Waals surface area contributed by atoms with Crippen LogP contribution in [0.5, 0.6) is 11.5 Å². The smallest absolute Gasteiger partial charge is 0.162 e. The number of nitrogens with zero attached hydrogens (tertiary/aromatic N) is 2. The molecule has 0 atom stereocenters. The summed E-state index contributed by atoms with van der Waals surface area (Å²) in [7, 11) is 3.26. The van der Waals surface area contributed by atoms with Crippen molar-refractivity contribution in [2.24, 2.45) is 0 Å². The molecular formula is C15H17N3O2. The molecule has 2 aromatic rings. The fraction of sp³-hybridized carbons (Fsp3) is 0.333. The predicted octanol–water partition coefficient (Wildman–Crippen LogP) is 2.02. The van der Waals surface area contributed by atoms with Crippen molar-refractivity contribution in [2.75, 3.05) is 27.3 Å². The first-order chi connectivity index (χ1) is 9.83. The van der Waals surface area contributed by atoms with Crippen molar-refractivity contribution >= 4 is 16.5 Å². The Labute approximate surface area is 117 Å². The molecule has 0 spiro atoms. The van der Waals surface area contributed by atoms with Crippen LogP contribution in [0.15, 0.2) is 24.5 Å². The van der Waals surface area contributed by atoms with Gasteiger partial charge in [0.05, 0.1) is 25.4 Å². The summed E-state index contributed by atoms with van der Waals surface area (Å²) >= 11 is 0. The molecule has 104 valence electrons. The highest BCUT2D eigenvalue weighted by Gasteiger charge is 2.14. The molecule has 0 unspecified atom stereocenters. The number of nitrogens with one attached hydrogen (secondary N) is 1. The molecule has 1 aliphatic heterocycles. The first kappa shape index (κ1) is 12.9. The number of hydrogen-bond donors (Lipinski definition) is 1. The van der Waals surface area contributed by atoms with E-state index in [2.05, 4.69) is 21.4 Å². The maximum Gasteiger partial charge on any atom is 0.162 e. The van der Waals surface area contributed by atoms with E-state index in [0.29, 0.717) is 11.5 Å². The zero-order chi connectivity index (χ0) is 13.9. The van der Waals surface area contributed by atoms with Gasteiger partial charge in [0.1, 0.15) is 6.33 Å². The zero-order valence-corrected chi connectivity index (χ0v) is 11.6. The Morgan fingerprint density at radius 1 is 1.10 bits per heavy atom. The van der Waals surface area contributed by atoms with Gasteiger partial charge in [-0.2, -0.15) is 0 Å². The minimum absolute atomic E-state index is 0.684. The summed E-state index contributed by atoms with van der Waals surface area (Å²) in [5.74, 6) is 1.38. The number of ether oxygens (including phenoxy) is 2. The summed E-state index contributed by atoms with van der Waals surface area (Å²) < 4.78 is 10.7. The fourth-order valence-electron chi connectivity index (χ4n) is 2.48. The van der Waals surface area contributed by atoms with Gasteiger partial charge in [0.15, 0.2) is 11.5 Å². The topological polar surface area (TPSA) is 56.3 Å². The third-order valence-electron chi connectivity index (χ3n) is 3.51. The number of methoxy groups -OCH3 is 2. The van der Waals surface area contributed by atoms with Gasteiger partial charge in [-0.15, -0.1) is 0 Å². The van der Waals surface area contributed by atoms with Crippen molar-refractivity contribution in [1.29, 1.82) is 0 Å². The highest BCUT2D eigenvalue weighted by molar-refractivity contribution is 5.92. The van der Waals surface area contributed by atoms with Gasteiger partial charge in [-0.3, -0.25) is 0 Å². The predicted molar refractivity (Wildman–Crippen MR) is 78.1 cm³/mol. The van der Waals surface area contributed by atoms with E-state index < -0.39 is 0 Å². The van der Waals surface area contributed by atoms with Gasteiger partial charge in [0, 0.05) is 18.0 Å². The Morgan fingerprint density at radius 2 is 1.90 bits per heavy atom. The first-order valence-electron chi connectivity index (χ1n) is 6.60. The third-order valence-corrected chi connectivity index (χ3v) is 3.51. The Morgan fingerprint density at radius 3 is 2.60 bits per heavy atom. The van der Waals surface area contributed by atoms with Gasteiger partial charge < -0.3 is 14.8 Å². The van der Waals surface area contributed by atoms with Crippen molar-refractivity contribution in [3.63, 3.8) is 0 Å². The Hall–Kier alpha value is -2.14. The molecule has 1 aromatic carbocycles. The van der Waals surface area contributed by atoms with Crippen molar-refractivity contribution in [3.05, 3.63) is 30.2 Å². The molecule has 0 radical (unpaired) electrons. The SMILES string of the molecule is COc1cc2ncnc(C3=CCNCC3)c2cc1OC. The summed E-state index contributed by atoms with van der Waals surface area (Å²) in [6.45, 7) is 1.86. The summed E-state index contributed by atoms with van der Waals surface area (Å²) in [5, 5.41) is 4.31. The molecular weight excluding hydrogens is 254 g/mol. The lowest BCUT2D eigenvalue weighted by atomic mass is 10.0. The van der Waals surface area contributed by atoms with Crippen molar-refractivity contribution in [2.45, 2.75) is 6.42 Å². The molecule has 0 aliphatic carbocycles. The van der Waals surface area contributed by atoms with Gasteiger partial charge >= 0.3 is 0 Å². The van der Waals surface area contributed by atoms with Gasteiger partial charge in [-0.25, -0.2) is 9.97 Å². The highest BCUT2D eigenvalue weighted by Crippen LogP contribution is 2.34. The maximum absolute atomic E-state index is 5.37. The van der Waals surface area contributed by atoms with E-state index in [0.717, 1.165) is 36.1 Å². The van der Waals surface area contributed by atoms with Crippen LogP contribution < -0.4 is 14.8 Å². The van der Waals surface area contributed by atoms with Gasteiger partial charge in [-0.05, 0) is 24.6 Å². The highest BCUT2D eigenvalue weighted by atomic mass is 16.5. The second kappa shape index (κ2) is 5.46. The van der Waals surface area contributed by atoms with Crippen LogP contribution in [0.1, 0.15) is 12.1 Å². The van der Waals surface area contributed by atoms with Crippen LogP contribution >= 0.6 is 0 Å². The summed E-state index contributed by atoms with van der Waals surface area (Å²) in [6.07, 6.45) is 4.76. The zero-order valence-electron chi connectivity index (χ0n) is 11.6. The van der Waals surface area contributed by atoms with Crippen molar-refractivity contribution < 1.29 is 9.47 Å². The standard InChI is InChI=1S/C15H17N3O2/c1-19-13-7-11-12(8-14(13)20-2)17-9-18-15(11)10-3-5-16-6-4-10/h3,7-9,16H,4-6H2,1-2H3. The molecule has 1 aromatic heterocycles. The van der Waals surface area contributed by atoms with Gasteiger partial charge in [0.2, 0.25) is 0 Å². The minimum atomic E-state index is 0.684. The molecule has 2 heterocycles. The number of aromatic nitrogens is 2. The number of rotatable bonds is 3. The van der Waals surface area contributed by atoms with Crippen molar-refractivity contribution in [1.82, 2.24) is 15.3 Å². The Kier molecular flexibility index (Phi) is 3.52. The third kappa shape index (κ3) is 2.20. The molecule has 0 fully saturated rings. The van der Waals surface area contributed by atoms with E-state index in [1.165, 1.54) is 5.57 Å². The molecule has 1 N–H and O–H groups in total. The van der Waals surface area contributed by atoms with Crippen LogP contribution in [0.3, 0.4) is 0 Å². The summed E-state index contributed by atoms with van der Waals surface area (Å²) in [6, 6.07) is 3.84. The molecule has 0 saturated heterocycles. The molecule has 0 bridgehead atoms. The summed E-state index contributed by atoms with van der Waals surface area (Å²) in [5.41, 5.74) is 3.10. The molecule has 3 rings (SSSR count). The van der Waals surface area contributed by atoms with Gasteiger partial charge in [0.25, 0.3) is 0 Å². The minimum Gasteiger partial charge on any atom is -0.493 e. The number of hydrogen-bond acceptors (Lipinski definition) is 5. The fourth-order valence-corrected chi connectivity index (χ4v) is 2.48. The number of fused-ring (bicyclic) bond motifs is 1. The van der Waals surface area contributed by atoms with Crippen LogP contribution in [-0.2, 0) is 0 Å². The second-order valence-electron chi connectivity index (χ2n) is 4.63.